The largest absolute Gasteiger partial charge is 0.388 e. The Bertz CT molecular complexity index is 319. The van der Waals surface area contributed by atoms with E-state index in [9.17, 15) is 5.11 Å². The van der Waals surface area contributed by atoms with Crippen molar-refractivity contribution < 1.29 is 5.11 Å². The fraction of sp³-hybridized carbons (Fsp3) is 0.429. The van der Waals surface area contributed by atoms with Crippen LogP contribution in [0.2, 0.25) is 0 Å². The van der Waals surface area contributed by atoms with Crippen LogP contribution in [0.25, 0.3) is 5.57 Å². The molecule has 0 amide bonds. The van der Waals surface area contributed by atoms with Crippen LogP contribution >= 0.6 is 22.6 Å². The molecule has 0 radical (unpaired) electrons. The third-order valence-corrected chi connectivity index (χ3v) is 3.34. The van der Waals surface area contributed by atoms with Crippen LogP contribution in [0.15, 0.2) is 34.4 Å². The predicted molar refractivity (Wildman–Crippen MR) is 78.6 cm³/mol. The van der Waals surface area contributed by atoms with Gasteiger partial charge in [0.2, 0.25) is 0 Å². The first-order valence-electron chi connectivity index (χ1n) is 5.83. The Morgan fingerprint density at radius 1 is 1.31 bits per heavy atom. The van der Waals surface area contributed by atoms with Gasteiger partial charge in [-0.1, -0.05) is 79.1 Å². The van der Waals surface area contributed by atoms with Gasteiger partial charge >= 0.3 is 0 Å². The molecule has 88 valence electrons. The first-order valence-corrected chi connectivity index (χ1v) is 7.08. The molecule has 0 fully saturated rings. The van der Waals surface area contributed by atoms with E-state index in [1.807, 2.05) is 34.4 Å². The summed E-state index contributed by atoms with van der Waals surface area (Å²) < 4.78 is 1.99. The molecule has 2 heteroatoms. The molecule has 1 aromatic rings. The molecule has 0 aromatic heterocycles. The lowest BCUT2D eigenvalue weighted by Crippen LogP contribution is -2.08. The highest BCUT2D eigenvalue weighted by Gasteiger charge is 2.11. The normalized spacial score (nSPS) is 13.8. The summed E-state index contributed by atoms with van der Waals surface area (Å²) in [6, 6.07) is 10.1. The lowest BCUT2D eigenvalue weighted by Gasteiger charge is -2.14. The minimum atomic E-state index is -0.328. The van der Waals surface area contributed by atoms with Crippen LogP contribution in [0.1, 0.15) is 38.2 Å². The first-order chi connectivity index (χ1) is 7.79. The smallest absolute Gasteiger partial charge is 0.0800 e. The number of aliphatic hydroxyl groups is 1. The molecular weight excluding hydrogens is 311 g/mol. The van der Waals surface area contributed by atoms with Crippen molar-refractivity contribution in [3.05, 3.63) is 40.0 Å². The van der Waals surface area contributed by atoms with Gasteiger partial charge in [0, 0.05) is 0 Å². The van der Waals surface area contributed by atoms with Crippen LogP contribution in [-0.4, -0.2) is 11.2 Å². The van der Waals surface area contributed by atoms with Gasteiger partial charge < -0.3 is 5.11 Å². The van der Waals surface area contributed by atoms with Crippen molar-refractivity contribution in [1.29, 1.82) is 0 Å². The minimum Gasteiger partial charge on any atom is -0.388 e. The van der Waals surface area contributed by atoms with Gasteiger partial charge in [-0.2, -0.15) is 0 Å². The first kappa shape index (κ1) is 13.7. The zero-order chi connectivity index (χ0) is 11.8. The minimum absolute atomic E-state index is 0.328. The fourth-order valence-electron chi connectivity index (χ4n) is 1.70. The van der Waals surface area contributed by atoms with Crippen molar-refractivity contribution >= 4 is 28.2 Å². The molecule has 1 unspecified atom stereocenters. The van der Waals surface area contributed by atoms with Gasteiger partial charge in [-0.15, -0.1) is 0 Å². The number of hydrogen-bond acceptors (Lipinski definition) is 1. The average Bonchev–Trinajstić information content (AvgIpc) is 2.32. The summed E-state index contributed by atoms with van der Waals surface area (Å²) in [4.78, 5) is 0. The summed E-state index contributed by atoms with van der Waals surface area (Å²) >= 11 is 2.21. The number of hydrogen-bond donors (Lipinski definition) is 1. The molecule has 0 aliphatic carbocycles. The highest BCUT2D eigenvalue weighted by molar-refractivity contribution is 14.1. The van der Waals surface area contributed by atoms with Crippen LogP contribution < -0.4 is 0 Å². The van der Waals surface area contributed by atoms with Crippen molar-refractivity contribution in [1.82, 2.24) is 0 Å². The molecular formula is C14H19IO. The Kier molecular flexibility index (Phi) is 6.73. The van der Waals surface area contributed by atoms with Crippen LogP contribution in [0, 0.1) is 0 Å². The molecule has 0 saturated heterocycles. The Morgan fingerprint density at radius 3 is 2.56 bits per heavy atom. The van der Waals surface area contributed by atoms with E-state index in [-0.39, 0.29) is 6.10 Å². The van der Waals surface area contributed by atoms with E-state index in [1.54, 1.807) is 0 Å². The van der Waals surface area contributed by atoms with E-state index in [0.717, 1.165) is 24.0 Å². The molecule has 1 N–H and O–H groups in total. The molecule has 1 aromatic carbocycles. The maximum atomic E-state index is 10.1. The second-order valence-electron chi connectivity index (χ2n) is 3.94. The molecule has 16 heavy (non-hydrogen) atoms. The summed E-state index contributed by atoms with van der Waals surface area (Å²) in [5.41, 5.74) is 2.17. The van der Waals surface area contributed by atoms with E-state index >= 15 is 0 Å². The third-order valence-electron chi connectivity index (χ3n) is 2.66. The maximum absolute atomic E-state index is 10.1. The summed E-state index contributed by atoms with van der Waals surface area (Å²) in [6.45, 7) is 2.18. The van der Waals surface area contributed by atoms with Gasteiger partial charge in [-0.3, -0.25) is 0 Å². The van der Waals surface area contributed by atoms with Crippen LogP contribution in [0.5, 0.6) is 0 Å². The summed E-state index contributed by atoms with van der Waals surface area (Å²) in [5.74, 6) is 0. The number of halogens is 1. The summed E-state index contributed by atoms with van der Waals surface area (Å²) in [7, 11) is 0. The molecule has 1 atom stereocenters. The second kappa shape index (κ2) is 7.85. The van der Waals surface area contributed by atoms with Gasteiger partial charge in [0.25, 0.3) is 0 Å². The Balaban J connectivity index is 2.62. The number of unbranched alkanes of at least 4 members (excludes halogenated alkanes) is 2. The zero-order valence-corrected chi connectivity index (χ0v) is 11.9. The van der Waals surface area contributed by atoms with E-state index in [4.69, 9.17) is 0 Å². The monoisotopic (exact) mass is 330 g/mol. The second-order valence-corrected chi connectivity index (χ2v) is 4.56. The van der Waals surface area contributed by atoms with Crippen molar-refractivity contribution in [3.8, 4) is 0 Å². The van der Waals surface area contributed by atoms with E-state index < -0.39 is 0 Å². The lowest BCUT2D eigenvalue weighted by molar-refractivity contribution is 0.217. The highest BCUT2D eigenvalue weighted by atomic mass is 127. The molecule has 0 spiro atoms. The molecule has 0 saturated carbocycles. The summed E-state index contributed by atoms with van der Waals surface area (Å²) in [5, 5.41) is 10.1. The predicted octanol–water partition coefficient (Wildman–Crippen LogP) is 4.40. The third kappa shape index (κ3) is 4.26. The standard InChI is InChI=1S/C14H19IO/c1-2-3-5-10-14(16)13(11-15)12-8-6-4-7-9-12/h4,6-9,11,14,16H,2-3,5,10H2,1H3. The van der Waals surface area contributed by atoms with Crippen molar-refractivity contribution in [3.63, 3.8) is 0 Å². The SMILES string of the molecule is CCCCCC(O)C(=CI)c1ccccc1. The van der Waals surface area contributed by atoms with E-state index in [2.05, 4.69) is 29.5 Å². The highest BCUT2D eigenvalue weighted by Crippen LogP contribution is 2.23. The number of benzene rings is 1. The molecule has 0 bridgehead atoms. The average molecular weight is 330 g/mol. The quantitative estimate of drug-likeness (QED) is 0.605. The Hall–Kier alpha value is -0.350. The van der Waals surface area contributed by atoms with Crippen molar-refractivity contribution in [2.45, 2.75) is 38.7 Å². The van der Waals surface area contributed by atoms with Gasteiger partial charge in [-0.05, 0) is 21.6 Å². The number of rotatable bonds is 6. The van der Waals surface area contributed by atoms with Crippen LogP contribution in [-0.2, 0) is 0 Å². The van der Waals surface area contributed by atoms with Gasteiger partial charge in [0.1, 0.15) is 0 Å². The fourth-order valence-corrected chi connectivity index (χ4v) is 2.48. The van der Waals surface area contributed by atoms with Crippen molar-refractivity contribution in [2.75, 3.05) is 0 Å². The molecule has 1 rings (SSSR count). The number of aliphatic hydroxyl groups excluding tert-OH is 1. The lowest BCUT2D eigenvalue weighted by atomic mass is 9.98. The molecule has 1 nitrogen and oxygen atoms in total. The van der Waals surface area contributed by atoms with E-state index in [1.165, 1.54) is 12.8 Å². The zero-order valence-electron chi connectivity index (χ0n) is 9.70. The Morgan fingerprint density at radius 2 is 2.00 bits per heavy atom. The maximum Gasteiger partial charge on any atom is 0.0800 e. The molecule has 0 heterocycles. The van der Waals surface area contributed by atoms with Gasteiger partial charge in [-0.25, -0.2) is 0 Å². The van der Waals surface area contributed by atoms with Crippen LogP contribution in [0.3, 0.4) is 0 Å². The van der Waals surface area contributed by atoms with E-state index in [0.29, 0.717) is 0 Å². The molecule has 0 aliphatic heterocycles. The van der Waals surface area contributed by atoms with Crippen molar-refractivity contribution in [2.24, 2.45) is 0 Å². The van der Waals surface area contributed by atoms with Gasteiger partial charge in [0.05, 0.1) is 6.10 Å². The van der Waals surface area contributed by atoms with Gasteiger partial charge in [0.15, 0.2) is 0 Å². The van der Waals surface area contributed by atoms with Crippen LogP contribution in [0.4, 0.5) is 0 Å². The molecule has 0 aliphatic rings. The Labute approximate surface area is 112 Å². The topological polar surface area (TPSA) is 20.2 Å². The summed E-state index contributed by atoms with van der Waals surface area (Å²) in [6.07, 6.45) is 4.02.